The van der Waals surface area contributed by atoms with E-state index in [0.717, 1.165) is 0 Å². The Morgan fingerprint density at radius 3 is 2.83 bits per heavy atom. The number of carboxylic acids is 1. The number of aliphatic hydroxyl groups excluding tert-OH is 1. The molecule has 1 aliphatic carbocycles. The molecule has 18 heavy (non-hydrogen) atoms. The van der Waals surface area contributed by atoms with E-state index in [0.29, 0.717) is 14.7 Å². The third-order valence-electron chi connectivity index (χ3n) is 2.73. The summed E-state index contributed by atoms with van der Waals surface area (Å²) in [5, 5.41) is 22.6. The van der Waals surface area contributed by atoms with Gasteiger partial charge in [0.05, 0.1) is 16.1 Å². The normalized spacial score (nSPS) is 31.0. The van der Waals surface area contributed by atoms with E-state index in [1.807, 2.05) is 0 Å². The first-order valence-corrected chi connectivity index (χ1v) is 6.48. The predicted octanol–water partition coefficient (Wildman–Crippen LogP) is 1.49. The molecule has 2 rings (SSSR count). The molecule has 0 aromatic rings. The summed E-state index contributed by atoms with van der Waals surface area (Å²) in [6, 6.07) is 0. The van der Waals surface area contributed by atoms with Crippen molar-refractivity contribution < 1.29 is 24.6 Å². The van der Waals surface area contributed by atoms with E-state index in [1.165, 1.54) is 7.11 Å². The number of methoxy groups -OCH3 is 1. The fourth-order valence-electron chi connectivity index (χ4n) is 1.81. The van der Waals surface area contributed by atoms with Crippen LogP contribution < -0.4 is 0 Å². The number of aliphatic carboxylic acids is 1. The Balaban J connectivity index is 2.35. The third-order valence-corrected chi connectivity index (χ3v) is 4.11. The van der Waals surface area contributed by atoms with Crippen LogP contribution in [0.2, 0.25) is 0 Å². The molecule has 98 valence electrons. The second-order valence-corrected chi connectivity index (χ2v) is 5.55. The topological polar surface area (TPSA) is 88.4 Å². The summed E-state index contributed by atoms with van der Waals surface area (Å²) in [5.74, 6) is -0.735. The van der Waals surface area contributed by atoms with Crippen LogP contribution in [0.1, 0.15) is 6.42 Å². The number of hydrogen-bond acceptors (Lipinski definition) is 5. The lowest BCUT2D eigenvalue weighted by Gasteiger charge is -2.33. The number of allylic oxidation sites excluding steroid dienone is 1. The van der Waals surface area contributed by atoms with Crippen molar-refractivity contribution in [3.8, 4) is 0 Å². The summed E-state index contributed by atoms with van der Waals surface area (Å²) in [5.41, 5.74) is -1.35. The SMILES string of the molecule is COC1=C(Br)C(O)C2(C=C1Br)CC(C(=O)O)=NO2. The van der Waals surface area contributed by atoms with Gasteiger partial charge in [0.15, 0.2) is 11.3 Å². The molecule has 0 fully saturated rings. The van der Waals surface area contributed by atoms with Gasteiger partial charge in [0, 0.05) is 6.42 Å². The molecular formula is C10H9Br2NO5. The first-order valence-electron chi connectivity index (χ1n) is 4.90. The van der Waals surface area contributed by atoms with Gasteiger partial charge >= 0.3 is 5.97 Å². The van der Waals surface area contributed by atoms with E-state index in [9.17, 15) is 9.90 Å². The Kier molecular flexibility index (Phi) is 3.52. The van der Waals surface area contributed by atoms with Crippen LogP contribution in [0.3, 0.4) is 0 Å². The van der Waals surface area contributed by atoms with Gasteiger partial charge in [0.25, 0.3) is 0 Å². The number of hydrogen-bond donors (Lipinski definition) is 2. The van der Waals surface area contributed by atoms with Gasteiger partial charge in [-0.3, -0.25) is 0 Å². The van der Waals surface area contributed by atoms with Crippen LogP contribution in [0.15, 0.2) is 26.0 Å². The molecule has 0 amide bonds. The highest BCUT2D eigenvalue weighted by Crippen LogP contribution is 2.43. The maximum atomic E-state index is 10.8. The van der Waals surface area contributed by atoms with E-state index in [2.05, 4.69) is 37.0 Å². The maximum absolute atomic E-state index is 10.8. The fourth-order valence-corrected chi connectivity index (χ4v) is 3.60. The van der Waals surface area contributed by atoms with Gasteiger partial charge < -0.3 is 19.8 Å². The lowest BCUT2D eigenvalue weighted by molar-refractivity contribution is -0.129. The van der Waals surface area contributed by atoms with Gasteiger partial charge in [-0.1, -0.05) is 5.16 Å². The van der Waals surface area contributed by atoms with Crippen molar-refractivity contribution in [3.63, 3.8) is 0 Å². The molecule has 0 saturated carbocycles. The quantitative estimate of drug-likeness (QED) is 0.755. The van der Waals surface area contributed by atoms with Crippen LogP contribution in [0.5, 0.6) is 0 Å². The zero-order valence-electron chi connectivity index (χ0n) is 9.18. The molecular weight excluding hydrogens is 374 g/mol. The minimum atomic E-state index is -1.21. The Morgan fingerprint density at radius 1 is 1.67 bits per heavy atom. The smallest absolute Gasteiger partial charge is 0.353 e. The molecule has 2 N–H and O–H groups in total. The Hall–Kier alpha value is -0.860. The largest absolute Gasteiger partial charge is 0.495 e. The summed E-state index contributed by atoms with van der Waals surface area (Å²) < 4.78 is 6.05. The predicted molar refractivity (Wildman–Crippen MR) is 69.5 cm³/mol. The number of aliphatic hydroxyl groups is 1. The van der Waals surface area contributed by atoms with Crippen molar-refractivity contribution in [2.24, 2.45) is 5.16 Å². The number of carboxylic acid groups (broad SMARTS) is 1. The molecule has 2 unspecified atom stereocenters. The van der Waals surface area contributed by atoms with E-state index >= 15 is 0 Å². The molecule has 6 nitrogen and oxygen atoms in total. The molecule has 0 bridgehead atoms. The zero-order valence-corrected chi connectivity index (χ0v) is 12.4. The molecule has 2 aliphatic rings. The molecule has 1 aliphatic heterocycles. The molecule has 0 saturated heterocycles. The van der Waals surface area contributed by atoms with E-state index in [4.69, 9.17) is 14.7 Å². The summed E-state index contributed by atoms with van der Waals surface area (Å²) in [6.07, 6.45) is 0.445. The standard InChI is InChI=1S/C10H9Br2NO5/c1-17-7-4(11)2-10(8(14)6(7)12)3-5(9(15)16)13-18-10/h2,8,14H,3H2,1H3,(H,15,16). The lowest BCUT2D eigenvalue weighted by atomic mass is 9.87. The Morgan fingerprint density at radius 2 is 2.33 bits per heavy atom. The van der Waals surface area contributed by atoms with Crippen molar-refractivity contribution in [2.45, 2.75) is 18.1 Å². The lowest BCUT2D eigenvalue weighted by Crippen LogP contribution is -2.44. The molecule has 0 radical (unpaired) electrons. The van der Waals surface area contributed by atoms with E-state index in [1.54, 1.807) is 6.08 Å². The Bertz CT molecular complexity index is 498. The number of carbonyl (C=O) groups is 1. The van der Waals surface area contributed by atoms with Gasteiger partial charge in [-0.25, -0.2) is 4.79 Å². The molecule has 1 heterocycles. The van der Waals surface area contributed by atoms with Crippen LogP contribution in [0, 0.1) is 0 Å². The molecule has 8 heteroatoms. The van der Waals surface area contributed by atoms with Crippen molar-refractivity contribution in [2.75, 3.05) is 7.11 Å². The van der Waals surface area contributed by atoms with E-state index in [-0.39, 0.29) is 12.1 Å². The van der Waals surface area contributed by atoms with Crippen LogP contribution >= 0.6 is 31.9 Å². The highest BCUT2D eigenvalue weighted by Gasteiger charge is 2.50. The van der Waals surface area contributed by atoms with Gasteiger partial charge in [-0.15, -0.1) is 0 Å². The van der Waals surface area contributed by atoms with Crippen LogP contribution in [-0.2, 0) is 14.4 Å². The van der Waals surface area contributed by atoms with Crippen LogP contribution in [0.4, 0.5) is 0 Å². The van der Waals surface area contributed by atoms with Crippen molar-refractivity contribution in [1.82, 2.24) is 0 Å². The molecule has 0 aromatic heterocycles. The monoisotopic (exact) mass is 381 g/mol. The maximum Gasteiger partial charge on any atom is 0.353 e. The van der Waals surface area contributed by atoms with Gasteiger partial charge in [0.1, 0.15) is 11.9 Å². The van der Waals surface area contributed by atoms with Crippen molar-refractivity contribution >= 4 is 43.5 Å². The van der Waals surface area contributed by atoms with Crippen molar-refractivity contribution in [1.29, 1.82) is 0 Å². The average Bonchev–Trinajstić information content (AvgIpc) is 2.72. The number of nitrogens with zero attached hydrogens (tertiary/aromatic N) is 1. The summed E-state index contributed by atoms with van der Waals surface area (Å²) in [6.45, 7) is 0. The van der Waals surface area contributed by atoms with Crippen molar-refractivity contribution in [3.05, 3.63) is 20.8 Å². The number of oxime groups is 1. The zero-order chi connectivity index (χ0) is 13.5. The summed E-state index contributed by atoms with van der Waals surface area (Å²) >= 11 is 6.50. The van der Waals surface area contributed by atoms with Crippen LogP contribution in [0.25, 0.3) is 0 Å². The summed E-state index contributed by atoms with van der Waals surface area (Å²) in [7, 11) is 1.46. The average molecular weight is 383 g/mol. The van der Waals surface area contributed by atoms with Crippen LogP contribution in [-0.4, -0.2) is 40.7 Å². The minimum Gasteiger partial charge on any atom is -0.495 e. The highest BCUT2D eigenvalue weighted by atomic mass is 79.9. The highest BCUT2D eigenvalue weighted by molar-refractivity contribution is 9.12. The van der Waals surface area contributed by atoms with Gasteiger partial charge in [-0.2, -0.15) is 0 Å². The first-order chi connectivity index (χ1) is 8.41. The summed E-state index contributed by atoms with van der Waals surface area (Å²) in [4.78, 5) is 16.0. The first kappa shape index (κ1) is 13.6. The number of rotatable bonds is 2. The fraction of sp³-hybridized carbons (Fsp3) is 0.400. The minimum absolute atomic E-state index is 0.0231. The number of ether oxygens (including phenoxy) is 1. The number of halogens is 2. The van der Waals surface area contributed by atoms with E-state index < -0.39 is 17.7 Å². The second kappa shape index (κ2) is 4.67. The van der Waals surface area contributed by atoms with Gasteiger partial charge in [0.2, 0.25) is 0 Å². The second-order valence-electron chi connectivity index (χ2n) is 3.84. The third kappa shape index (κ3) is 1.98. The molecule has 0 aromatic carbocycles. The van der Waals surface area contributed by atoms with Gasteiger partial charge in [-0.05, 0) is 37.9 Å². The molecule has 1 spiro atoms. The Labute approximate surface area is 119 Å². The molecule has 2 atom stereocenters.